The number of amides is 2. The Bertz CT molecular complexity index is 1080. The maximum atomic E-state index is 13.2. The number of carbonyl (C=O) groups excluding carboxylic acids is 2. The van der Waals surface area contributed by atoms with Gasteiger partial charge in [-0.3, -0.25) is 9.59 Å². The molecule has 2 bridgehead atoms. The maximum absolute atomic E-state index is 13.2. The van der Waals surface area contributed by atoms with E-state index >= 15 is 0 Å². The lowest BCUT2D eigenvalue weighted by Gasteiger charge is -2.21. The van der Waals surface area contributed by atoms with Crippen molar-refractivity contribution >= 4 is 23.1 Å². The van der Waals surface area contributed by atoms with Gasteiger partial charge in [0.1, 0.15) is 0 Å². The van der Waals surface area contributed by atoms with E-state index in [1.807, 2.05) is 49.4 Å². The second-order valence-electron chi connectivity index (χ2n) is 7.99. The van der Waals surface area contributed by atoms with E-state index in [2.05, 4.69) is 0 Å². The van der Waals surface area contributed by atoms with Crippen molar-refractivity contribution in [2.75, 3.05) is 4.90 Å². The Morgan fingerprint density at radius 2 is 1.47 bits per heavy atom. The fourth-order valence-electron chi connectivity index (χ4n) is 5.19. The summed E-state index contributed by atoms with van der Waals surface area (Å²) < 4.78 is 39.3. The van der Waals surface area contributed by atoms with Gasteiger partial charge in [0.25, 0.3) is 0 Å². The van der Waals surface area contributed by atoms with Gasteiger partial charge in [-0.2, -0.15) is 13.2 Å². The molecule has 2 fully saturated rings. The summed E-state index contributed by atoms with van der Waals surface area (Å²) in [5.74, 6) is -2.36. The predicted molar refractivity (Wildman–Crippen MR) is 106 cm³/mol. The number of allylic oxidation sites excluding steroid dienone is 4. The van der Waals surface area contributed by atoms with Gasteiger partial charge in [-0.15, -0.1) is 0 Å². The van der Waals surface area contributed by atoms with Gasteiger partial charge in [0, 0.05) is 11.8 Å². The number of anilines is 1. The molecule has 3 nitrogen and oxygen atoms in total. The van der Waals surface area contributed by atoms with Crippen LogP contribution in [0.1, 0.15) is 18.1 Å². The SMILES string of the molecule is CC(=C1[C@H]2C=C[C@H]1[C@H]1C(=O)N(c3cccc(C(F)(F)F)c3)C(=O)[C@@H]12)c1ccccc1. The normalized spacial score (nSPS) is 27.2. The van der Waals surface area contributed by atoms with Gasteiger partial charge in [-0.05, 0) is 36.3 Å². The summed E-state index contributed by atoms with van der Waals surface area (Å²) in [6.45, 7) is 2.00. The van der Waals surface area contributed by atoms with Gasteiger partial charge in [0.05, 0.1) is 23.1 Å². The molecular weight excluding hydrogens is 391 g/mol. The Kier molecular flexibility index (Phi) is 4.04. The zero-order chi connectivity index (χ0) is 21.2. The number of hydrogen-bond acceptors (Lipinski definition) is 2. The van der Waals surface area contributed by atoms with Gasteiger partial charge in [0.2, 0.25) is 11.8 Å². The van der Waals surface area contributed by atoms with E-state index < -0.39 is 35.4 Å². The highest BCUT2D eigenvalue weighted by Crippen LogP contribution is 2.58. The van der Waals surface area contributed by atoms with Gasteiger partial charge in [-0.1, -0.05) is 54.1 Å². The number of halogens is 3. The molecule has 0 spiro atoms. The van der Waals surface area contributed by atoms with Crippen molar-refractivity contribution in [2.45, 2.75) is 13.1 Å². The lowest BCUT2D eigenvalue weighted by molar-refractivity contribution is -0.137. The summed E-state index contributed by atoms with van der Waals surface area (Å²) in [5, 5.41) is 0. The van der Waals surface area contributed by atoms with Crippen molar-refractivity contribution in [2.24, 2.45) is 23.7 Å². The Morgan fingerprint density at radius 1 is 0.867 bits per heavy atom. The standard InChI is InChI=1S/C24H18F3NO2/c1-13(14-6-3-2-4-7-14)19-17-10-11-18(19)21-20(17)22(29)28(23(21)30)16-9-5-8-15(12-16)24(25,26)27/h2-12,17-18,20-21H,1H3/t17-,18-,20-,21-/m1/s1. The first-order valence-electron chi connectivity index (χ1n) is 9.78. The fraction of sp³-hybridized carbons (Fsp3) is 0.250. The number of hydrogen-bond donors (Lipinski definition) is 0. The molecular formula is C24H18F3NO2. The molecule has 3 aliphatic rings. The minimum Gasteiger partial charge on any atom is -0.274 e. The number of rotatable bonds is 2. The van der Waals surface area contributed by atoms with Crippen LogP contribution in [-0.4, -0.2) is 11.8 Å². The molecule has 0 N–H and O–H groups in total. The van der Waals surface area contributed by atoms with Crippen LogP contribution in [0.15, 0.2) is 72.3 Å². The van der Waals surface area contributed by atoms with Crippen molar-refractivity contribution in [3.05, 3.63) is 83.4 Å². The molecule has 1 heterocycles. The summed E-state index contributed by atoms with van der Waals surface area (Å²) in [6, 6.07) is 14.2. The second-order valence-corrected chi connectivity index (χ2v) is 7.99. The Balaban J connectivity index is 1.53. The van der Waals surface area contributed by atoms with E-state index in [9.17, 15) is 22.8 Å². The molecule has 0 aromatic heterocycles. The van der Waals surface area contributed by atoms with Gasteiger partial charge in [0.15, 0.2) is 0 Å². The van der Waals surface area contributed by atoms with Crippen LogP contribution in [-0.2, 0) is 15.8 Å². The smallest absolute Gasteiger partial charge is 0.274 e. The molecule has 6 heteroatoms. The molecule has 4 atom stereocenters. The summed E-state index contributed by atoms with van der Waals surface area (Å²) in [6.07, 6.45) is -0.607. The van der Waals surface area contributed by atoms with Crippen LogP contribution in [0.4, 0.5) is 18.9 Å². The highest BCUT2D eigenvalue weighted by Gasteiger charge is 2.62. The van der Waals surface area contributed by atoms with Gasteiger partial charge < -0.3 is 0 Å². The number of alkyl halides is 3. The Labute approximate surface area is 171 Å². The maximum Gasteiger partial charge on any atom is 0.416 e. The Hall–Kier alpha value is -3.15. The second kappa shape index (κ2) is 6.42. The van der Waals surface area contributed by atoms with Gasteiger partial charge >= 0.3 is 6.18 Å². The largest absolute Gasteiger partial charge is 0.416 e. The molecule has 2 amide bonds. The van der Waals surface area contributed by atoms with E-state index in [0.717, 1.165) is 33.7 Å². The minimum absolute atomic E-state index is 0.0149. The lowest BCUT2D eigenvalue weighted by atomic mass is 9.85. The molecule has 152 valence electrons. The van der Waals surface area contributed by atoms with Crippen LogP contribution in [0.25, 0.3) is 5.57 Å². The van der Waals surface area contributed by atoms with Crippen molar-refractivity contribution in [1.82, 2.24) is 0 Å². The third-order valence-corrected chi connectivity index (χ3v) is 6.49. The molecule has 1 aliphatic heterocycles. The van der Waals surface area contributed by atoms with E-state index in [1.165, 1.54) is 12.1 Å². The number of carbonyl (C=O) groups is 2. The molecule has 5 rings (SSSR count). The zero-order valence-corrected chi connectivity index (χ0v) is 16.1. The van der Waals surface area contributed by atoms with Crippen LogP contribution in [0.2, 0.25) is 0 Å². The van der Waals surface area contributed by atoms with E-state index in [1.54, 1.807) is 0 Å². The first-order chi connectivity index (χ1) is 14.3. The first kappa shape index (κ1) is 18.9. The zero-order valence-electron chi connectivity index (χ0n) is 16.1. The van der Waals surface area contributed by atoms with Crippen molar-refractivity contribution in [3.63, 3.8) is 0 Å². The molecule has 2 aliphatic carbocycles. The molecule has 0 radical (unpaired) electrons. The monoisotopic (exact) mass is 409 g/mol. The lowest BCUT2D eigenvalue weighted by Crippen LogP contribution is -2.33. The van der Waals surface area contributed by atoms with E-state index in [-0.39, 0.29) is 17.5 Å². The first-order valence-corrected chi connectivity index (χ1v) is 9.78. The summed E-state index contributed by atoms with van der Waals surface area (Å²) in [4.78, 5) is 27.4. The van der Waals surface area contributed by atoms with E-state index in [0.29, 0.717) is 0 Å². The topological polar surface area (TPSA) is 37.4 Å². The van der Waals surface area contributed by atoms with Crippen LogP contribution < -0.4 is 4.90 Å². The molecule has 1 saturated heterocycles. The molecule has 2 aromatic rings. The molecule has 0 unspecified atom stereocenters. The van der Waals surface area contributed by atoms with Crippen LogP contribution in [0, 0.1) is 23.7 Å². The number of benzene rings is 2. The minimum atomic E-state index is -4.54. The average Bonchev–Trinajstić information content (AvgIpc) is 3.37. The fourth-order valence-corrected chi connectivity index (χ4v) is 5.19. The number of imide groups is 1. The number of fused-ring (bicyclic) bond motifs is 5. The summed E-state index contributed by atoms with van der Waals surface area (Å²) >= 11 is 0. The highest BCUT2D eigenvalue weighted by molar-refractivity contribution is 6.23. The van der Waals surface area contributed by atoms with Crippen LogP contribution in [0.3, 0.4) is 0 Å². The van der Waals surface area contributed by atoms with Crippen LogP contribution >= 0.6 is 0 Å². The number of nitrogens with zero attached hydrogens (tertiary/aromatic N) is 1. The Morgan fingerprint density at radius 3 is 2.03 bits per heavy atom. The quantitative estimate of drug-likeness (QED) is 0.511. The predicted octanol–water partition coefficient (Wildman–Crippen LogP) is 5.10. The van der Waals surface area contributed by atoms with Crippen LogP contribution in [0.5, 0.6) is 0 Å². The third kappa shape index (κ3) is 2.59. The van der Waals surface area contributed by atoms with E-state index in [4.69, 9.17) is 0 Å². The molecule has 1 saturated carbocycles. The molecule has 2 aromatic carbocycles. The van der Waals surface area contributed by atoms with Gasteiger partial charge in [-0.25, -0.2) is 4.90 Å². The third-order valence-electron chi connectivity index (χ3n) is 6.49. The van der Waals surface area contributed by atoms with Crippen molar-refractivity contribution < 1.29 is 22.8 Å². The molecule has 30 heavy (non-hydrogen) atoms. The van der Waals surface area contributed by atoms with Crippen molar-refractivity contribution in [3.8, 4) is 0 Å². The summed E-state index contributed by atoms with van der Waals surface area (Å²) in [7, 11) is 0. The summed E-state index contributed by atoms with van der Waals surface area (Å²) in [5.41, 5.74) is 2.27. The average molecular weight is 409 g/mol. The highest BCUT2D eigenvalue weighted by atomic mass is 19.4. The van der Waals surface area contributed by atoms with Crippen molar-refractivity contribution in [1.29, 1.82) is 0 Å².